The van der Waals surface area contributed by atoms with Gasteiger partial charge in [-0.15, -0.1) is 0 Å². The highest BCUT2D eigenvalue weighted by Gasteiger charge is 2.15. The number of aromatic nitrogens is 4. The standard InChI is InChI=1S/C20H22FN7O2/c1-28(2)7-4-8-30-20-24-10-15(11-25-20)26-19-17(18(22)29)27-16(12-23-19)13-5-3-6-14(21)9-13/h3,5-6,9-12H,4,7-8H2,1-2H3,(H2,22,29)(H,23,26). The lowest BCUT2D eigenvalue weighted by Crippen LogP contribution is -2.17. The van der Waals surface area contributed by atoms with Crippen molar-refractivity contribution in [3.05, 3.63) is 54.4 Å². The molecule has 0 fully saturated rings. The molecule has 0 aliphatic rings. The van der Waals surface area contributed by atoms with Crippen molar-refractivity contribution in [3.8, 4) is 17.3 Å². The van der Waals surface area contributed by atoms with Gasteiger partial charge in [-0.1, -0.05) is 12.1 Å². The van der Waals surface area contributed by atoms with Crippen molar-refractivity contribution in [2.45, 2.75) is 6.42 Å². The average molecular weight is 411 g/mol. The number of nitrogens with zero attached hydrogens (tertiary/aromatic N) is 5. The number of ether oxygens (including phenoxy) is 1. The van der Waals surface area contributed by atoms with Crippen molar-refractivity contribution >= 4 is 17.4 Å². The molecule has 0 unspecified atom stereocenters. The molecule has 3 N–H and O–H groups in total. The predicted octanol–water partition coefficient (Wildman–Crippen LogP) is 2.25. The van der Waals surface area contributed by atoms with E-state index in [1.165, 1.54) is 30.7 Å². The van der Waals surface area contributed by atoms with E-state index >= 15 is 0 Å². The topological polar surface area (TPSA) is 119 Å². The molecule has 1 amide bonds. The molecule has 0 atom stereocenters. The molecule has 10 heteroatoms. The monoisotopic (exact) mass is 411 g/mol. The molecule has 0 radical (unpaired) electrons. The molecule has 30 heavy (non-hydrogen) atoms. The number of carbonyl (C=O) groups excluding carboxylic acids is 1. The molecular weight excluding hydrogens is 389 g/mol. The number of nitrogens with two attached hydrogens (primary N) is 1. The van der Waals surface area contributed by atoms with Crippen molar-refractivity contribution < 1.29 is 13.9 Å². The number of nitrogens with one attached hydrogen (secondary N) is 1. The number of hydrogen-bond donors (Lipinski definition) is 2. The molecule has 0 aliphatic carbocycles. The summed E-state index contributed by atoms with van der Waals surface area (Å²) in [5, 5.41) is 2.92. The van der Waals surface area contributed by atoms with Gasteiger partial charge in [-0.3, -0.25) is 4.79 Å². The minimum Gasteiger partial charge on any atom is -0.463 e. The van der Waals surface area contributed by atoms with Crippen molar-refractivity contribution in [2.24, 2.45) is 5.73 Å². The first kappa shape index (κ1) is 21.1. The summed E-state index contributed by atoms with van der Waals surface area (Å²) in [6.07, 6.45) is 5.28. The molecule has 2 heterocycles. The van der Waals surface area contributed by atoms with Crippen LogP contribution >= 0.6 is 0 Å². The summed E-state index contributed by atoms with van der Waals surface area (Å²) < 4.78 is 19.0. The van der Waals surface area contributed by atoms with E-state index in [9.17, 15) is 9.18 Å². The molecule has 9 nitrogen and oxygen atoms in total. The smallest absolute Gasteiger partial charge is 0.316 e. The Kier molecular flexibility index (Phi) is 6.81. The second-order valence-corrected chi connectivity index (χ2v) is 6.71. The Morgan fingerprint density at radius 2 is 1.97 bits per heavy atom. The van der Waals surface area contributed by atoms with Crippen LogP contribution in [0, 0.1) is 5.82 Å². The second kappa shape index (κ2) is 9.70. The molecule has 1 aromatic carbocycles. The van der Waals surface area contributed by atoms with E-state index < -0.39 is 11.7 Å². The summed E-state index contributed by atoms with van der Waals surface area (Å²) in [6.45, 7) is 1.41. The summed E-state index contributed by atoms with van der Waals surface area (Å²) in [7, 11) is 3.98. The summed E-state index contributed by atoms with van der Waals surface area (Å²) >= 11 is 0. The fraction of sp³-hybridized carbons (Fsp3) is 0.250. The van der Waals surface area contributed by atoms with Gasteiger partial charge in [0.1, 0.15) is 5.82 Å². The van der Waals surface area contributed by atoms with Gasteiger partial charge in [0, 0.05) is 12.1 Å². The fourth-order valence-electron chi connectivity index (χ4n) is 2.58. The number of benzene rings is 1. The van der Waals surface area contributed by atoms with Gasteiger partial charge in [0.05, 0.1) is 36.6 Å². The van der Waals surface area contributed by atoms with E-state index in [4.69, 9.17) is 10.5 Å². The van der Waals surface area contributed by atoms with E-state index in [2.05, 4.69) is 30.2 Å². The lowest BCUT2D eigenvalue weighted by Gasteiger charge is -2.11. The number of carbonyl (C=O) groups is 1. The van der Waals surface area contributed by atoms with Crippen molar-refractivity contribution in [1.82, 2.24) is 24.8 Å². The highest BCUT2D eigenvalue weighted by Crippen LogP contribution is 2.22. The molecule has 156 valence electrons. The van der Waals surface area contributed by atoms with E-state index in [0.717, 1.165) is 13.0 Å². The number of primary amides is 1. The van der Waals surface area contributed by atoms with Gasteiger partial charge in [-0.05, 0) is 32.6 Å². The molecule has 3 rings (SSSR count). The third-order valence-electron chi connectivity index (χ3n) is 4.00. The Labute approximate surface area is 173 Å². The quantitative estimate of drug-likeness (QED) is 0.515. The van der Waals surface area contributed by atoms with Gasteiger partial charge < -0.3 is 20.7 Å². The minimum absolute atomic E-state index is 0.0826. The van der Waals surface area contributed by atoms with Gasteiger partial charge in [-0.2, -0.15) is 0 Å². The van der Waals surface area contributed by atoms with Gasteiger partial charge in [-0.25, -0.2) is 24.3 Å². The number of rotatable bonds is 9. The Hall–Kier alpha value is -3.66. The van der Waals surface area contributed by atoms with Crippen LogP contribution in [0.3, 0.4) is 0 Å². The van der Waals surface area contributed by atoms with Crippen LogP contribution in [-0.4, -0.2) is 58.0 Å². The first-order chi connectivity index (χ1) is 14.4. The maximum absolute atomic E-state index is 13.5. The van der Waals surface area contributed by atoms with Crippen molar-refractivity contribution in [1.29, 1.82) is 0 Å². The predicted molar refractivity (Wildman–Crippen MR) is 110 cm³/mol. The van der Waals surface area contributed by atoms with Crippen LogP contribution in [0.4, 0.5) is 15.9 Å². The lowest BCUT2D eigenvalue weighted by molar-refractivity contribution is 0.0996. The first-order valence-corrected chi connectivity index (χ1v) is 9.22. The maximum atomic E-state index is 13.5. The summed E-state index contributed by atoms with van der Waals surface area (Å²) in [5.41, 5.74) is 6.65. The zero-order valence-corrected chi connectivity index (χ0v) is 16.7. The Morgan fingerprint density at radius 1 is 1.20 bits per heavy atom. The SMILES string of the molecule is CN(C)CCCOc1ncc(Nc2ncc(-c3cccc(F)c3)nc2C(N)=O)cn1. The summed E-state index contributed by atoms with van der Waals surface area (Å²) in [6, 6.07) is 6.08. The van der Waals surface area contributed by atoms with Crippen molar-refractivity contribution in [2.75, 3.05) is 32.6 Å². The molecule has 0 aliphatic heterocycles. The van der Waals surface area contributed by atoms with Gasteiger partial charge in [0.15, 0.2) is 11.5 Å². The third kappa shape index (κ3) is 5.67. The van der Waals surface area contributed by atoms with E-state index in [1.807, 2.05) is 14.1 Å². The van der Waals surface area contributed by atoms with Gasteiger partial charge >= 0.3 is 6.01 Å². The zero-order chi connectivity index (χ0) is 21.5. The van der Waals surface area contributed by atoms with Crippen LogP contribution in [0.25, 0.3) is 11.3 Å². The molecule has 3 aromatic rings. The Bertz CT molecular complexity index is 1010. The Balaban J connectivity index is 1.72. The average Bonchev–Trinajstić information content (AvgIpc) is 2.72. The van der Waals surface area contributed by atoms with E-state index in [-0.39, 0.29) is 17.5 Å². The maximum Gasteiger partial charge on any atom is 0.316 e. The normalized spacial score (nSPS) is 10.8. The number of hydrogen-bond acceptors (Lipinski definition) is 8. The minimum atomic E-state index is -0.773. The lowest BCUT2D eigenvalue weighted by atomic mass is 10.1. The molecule has 2 aromatic heterocycles. The highest BCUT2D eigenvalue weighted by atomic mass is 19.1. The number of halogens is 1. The first-order valence-electron chi connectivity index (χ1n) is 9.22. The third-order valence-corrected chi connectivity index (χ3v) is 4.00. The highest BCUT2D eigenvalue weighted by molar-refractivity contribution is 5.96. The summed E-state index contributed by atoms with van der Waals surface area (Å²) in [5.74, 6) is -1.05. The van der Waals surface area contributed by atoms with Gasteiger partial charge in [0.25, 0.3) is 5.91 Å². The van der Waals surface area contributed by atoms with Crippen LogP contribution < -0.4 is 15.8 Å². The fourth-order valence-corrected chi connectivity index (χ4v) is 2.58. The van der Waals surface area contributed by atoms with Crippen molar-refractivity contribution in [3.63, 3.8) is 0 Å². The van der Waals surface area contributed by atoms with E-state index in [0.29, 0.717) is 23.6 Å². The number of anilines is 2. The largest absolute Gasteiger partial charge is 0.463 e. The van der Waals surface area contributed by atoms with Crippen LogP contribution in [-0.2, 0) is 0 Å². The zero-order valence-electron chi connectivity index (χ0n) is 16.7. The molecule has 0 bridgehead atoms. The van der Waals surface area contributed by atoms with Crippen LogP contribution in [0.1, 0.15) is 16.9 Å². The molecule has 0 saturated heterocycles. The van der Waals surface area contributed by atoms with Crippen LogP contribution in [0.5, 0.6) is 6.01 Å². The molecule has 0 spiro atoms. The van der Waals surface area contributed by atoms with E-state index in [1.54, 1.807) is 12.1 Å². The number of amides is 1. The van der Waals surface area contributed by atoms with Crippen LogP contribution in [0.2, 0.25) is 0 Å². The molecular formula is C20H22FN7O2. The van der Waals surface area contributed by atoms with Crippen LogP contribution in [0.15, 0.2) is 42.9 Å². The van der Waals surface area contributed by atoms with Gasteiger partial charge in [0.2, 0.25) is 0 Å². The summed E-state index contributed by atoms with van der Waals surface area (Å²) in [4.78, 5) is 30.6. The molecule has 0 saturated carbocycles. The second-order valence-electron chi connectivity index (χ2n) is 6.71. The Morgan fingerprint density at radius 3 is 2.63 bits per heavy atom.